The van der Waals surface area contributed by atoms with Crippen molar-refractivity contribution >= 4 is 16.6 Å². The van der Waals surface area contributed by atoms with Crippen molar-refractivity contribution < 1.29 is 21.6 Å². The Morgan fingerprint density at radius 1 is 1.31 bits per heavy atom. The fourth-order valence-corrected chi connectivity index (χ4v) is 1.40. The molecule has 1 N–H and O–H groups in total. The van der Waals surface area contributed by atoms with Gasteiger partial charge in [-0.1, -0.05) is 0 Å². The largest absolute Gasteiger partial charge is 0.416 e. The molecule has 86 valence electrons. The standard InChI is InChI=1S/C8H5F3N2O2S/c9-8(10,11)6-1-2-7(13-16(14)15)5(3-6)4-12/h1-3,16H,(H,13,14,15). The van der Waals surface area contributed by atoms with Crippen molar-refractivity contribution in [1.82, 2.24) is 0 Å². The van der Waals surface area contributed by atoms with E-state index in [4.69, 9.17) is 5.26 Å². The minimum atomic E-state index is -4.57. The molecule has 0 heterocycles. The molecule has 0 aliphatic carbocycles. The van der Waals surface area contributed by atoms with Gasteiger partial charge in [0.05, 0.1) is 16.8 Å². The van der Waals surface area contributed by atoms with Crippen LogP contribution in [-0.2, 0) is 17.1 Å². The third-order valence-corrected chi connectivity index (χ3v) is 2.10. The second kappa shape index (κ2) is 4.40. The van der Waals surface area contributed by atoms with Gasteiger partial charge in [0, 0.05) is 0 Å². The second-order valence-corrected chi connectivity index (χ2v) is 3.48. The molecule has 0 atom stereocenters. The maximum atomic E-state index is 12.2. The highest BCUT2D eigenvalue weighted by Crippen LogP contribution is 2.31. The Hall–Kier alpha value is -1.75. The number of alkyl halides is 3. The molecule has 0 spiro atoms. The number of nitrogens with zero attached hydrogens (tertiary/aromatic N) is 1. The molecule has 0 saturated carbocycles. The Morgan fingerprint density at radius 3 is 2.38 bits per heavy atom. The van der Waals surface area contributed by atoms with Crippen LogP contribution in [0, 0.1) is 11.3 Å². The minimum absolute atomic E-state index is 0.174. The summed E-state index contributed by atoms with van der Waals surface area (Å²) in [6.07, 6.45) is -4.57. The Morgan fingerprint density at radius 2 is 1.94 bits per heavy atom. The molecule has 0 aliphatic heterocycles. The van der Waals surface area contributed by atoms with Gasteiger partial charge < -0.3 is 0 Å². The Balaban J connectivity index is 3.23. The second-order valence-electron chi connectivity index (χ2n) is 2.74. The van der Waals surface area contributed by atoms with E-state index in [2.05, 4.69) is 0 Å². The molecule has 0 fully saturated rings. The number of nitrogens with one attached hydrogen (secondary N) is 1. The Bertz CT molecular complexity index is 509. The summed E-state index contributed by atoms with van der Waals surface area (Å²) < 4.78 is 59.2. The zero-order valence-electron chi connectivity index (χ0n) is 7.58. The molecule has 0 bridgehead atoms. The van der Waals surface area contributed by atoms with Crippen LogP contribution in [0.3, 0.4) is 0 Å². The highest BCUT2D eigenvalue weighted by atomic mass is 32.2. The van der Waals surface area contributed by atoms with Crippen LogP contribution in [-0.4, -0.2) is 8.42 Å². The molecule has 16 heavy (non-hydrogen) atoms. The normalized spacial score (nSPS) is 11.2. The van der Waals surface area contributed by atoms with Crippen LogP contribution in [0.4, 0.5) is 18.9 Å². The van der Waals surface area contributed by atoms with Crippen molar-refractivity contribution in [2.75, 3.05) is 4.72 Å². The maximum absolute atomic E-state index is 12.2. The molecule has 0 amide bonds. The van der Waals surface area contributed by atoms with E-state index in [1.807, 2.05) is 4.72 Å². The molecular formula is C8H5F3N2O2S. The van der Waals surface area contributed by atoms with Gasteiger partial charge in [-0.05, 0) is 18.2 Å². The highest BCUT2D eigenvalue weighted by molar-refractivity contribution is 7.73. The molecule has 4 nitrogen and oxygen atoms in total. The van der Waals surface area contributed by atoms with E-state index in [1.165, 1.54) is 6.07 Å². The fraction of sp³-hybridized carbons (Fsp3) is 0.125. The van der Waals surface area contributed by atoms with Crippen LogP contribution in [0.2, 0.25) is 0 Å². The summed E-state index contributed by atoms with van der Waals surface area (Å²) in [5.41, 5.74) is -1.56. The number of hydrogen-bond donors (Lipinski definition) is 2. The average molecular weight is 250 g/mol. The quantitative estimate of drug-likeness (QED) is 0.782. The third-order valence-electron chi connectivity index (χ3n) is 1.68. The predicted octanol–water partition coefficient (Wildman–Crippen LogP) is 1.52. The first-order chi connectivity index (χ1) is 7.34. The van der Waals surface area contributed by atoms with Crippen LogP contribution in [0.5, 0.6) is 0 Å². The van der Waals surface area contributed by atoms with Crippen molar-refractivity contribution in [2.45, 2.75) is 6.18 Å². The maximum Gasteiger partial charge on any atom is 0.416 e. The SMILES string of the molecule is N#Cc1cc(C(F)(F)F)ccc1N[SH](=O)=O. The van der Waals surface area contributed by atoms with E-state index in [0.29, 0.717) is 12.1 Å². The lowest BCUT2D eigenvalue weighted by Crippen LogP contribution is -2.06. The van der Waals surface area contributed by atoms with Crippen molar-refractivity contribution in [3.8, 4) is 6.07 Å². The van der Waals surface area contributed by atoms with Gasteiger partial charge in [0.25, 0.3) is 0 Å². The lowest BCUT2D eigenvalue weighted by atomic mass is 10.1. The van der Waals surface area contributed by atoms with Crippen molar-refractivity contribution in [3.05, 3.63) is 29.3 Å². The molecule has 1 aromatic carbocycles. The first-order valence-electron chi connectivity index (χ1n) is 3.87. The molecule has 1 aromatic rings. The minimum Gasteiger partial charge on any atom is -0.284 e. The predicted molar refractivity (Wildman–Crippen MR) is 50.1 cm³/mol. The molecule has 0 unspecified atom stereocenters. The molecule has 0 radical (unpaired) electrons. The molecule has 0 aromatic heterocycles. The number of rotatable bonds is 2. The smallest absolute Gasteiger partial charge is 0.284 e. The van der Waals surface area contributed by atoms with E-state index < -0.39 is 22.6 Å². The zero-order valence-corrected chi connectivity index (χ0v) is 8.47. The summed E-state index contributed by atoms with van der Waals surface area (Å²) in [5.74, 6) is 0. The van der Waals surface area contributed by atoms with Crippen LogP contribution in [0.25, 0.3) is 0 Å². The molecular weight excluding hydrogens is 245 g/mol. The monoisotopic (exact) mass is 250 g/mol. The summed E-state index contributed by atoms with van der Waals surface area (Å²) in [5, 5.41) is 8.57. The van der Waals surface area contributed by atoms with Crippen LogP contribution in [0.1, 0.15) is 11.1 Å². The van der Waals surface area contributed by atoms with Gasteiger partial charge in [-0.25, -0.2) is 8.42 Å². The van der Waals surface area contributed by atoms with E-state index in [1.54, 1.807) is 0 Å². The number of benzene rings is 1. The van der Waals surface area contributed by atoms with Crippen molar-refractivity contribution in [1.29, 1.82) is 5.26 Å². The van der Waals surface area contributed by atoms with Crippen LogP contribution in [0.15, 0.2) is 18.2 Å². The summed E-state index contributed by atoms with van der Waals surface area (Å²) in [7, 11) is -3.02. The highest BCUT2D eigenvalue weighted by Gasteiger charge is 2.31. The molecule has 1 rings (SSSR count). The lowest BCUT2D eigenvalue weighted by molar-refractivity contribution is -0.137. The Kier molecular flexibility index (Phi) is 3.39. The van der Waals surface area contributed by atoms with Gasteiger partial charge in [0.2, 0.25) is 10.9 Å². The fourth-order valence-electron chi connectivity index (χ4n) is 1.01. The number of halogens is 3. The summed E-state index contributed by atoms with van der Waals surface area (Å²) >= 11 is 0. The van der Waals surface area contributed by atoms with E-state index in [-0.39, 0.29) is 11.3 Å². The van der Waals surface area contributed by atoms with Gasteiger partial charge in [-0.3, -0.25) is 4.72 Å². The topological polar surface area (TPSA) is 70.0 Å². The van der Waals surface area contributed by atoms with Crippen LogP contribution < -0.4 is 4.72 Å². The first kappa shape index (κ1) is 12.3. The van der Waals surface area contributed by atoms with Gasteiger partial charge in [-0.2, -0.15) is 18.4 Å². The average Bonchev–Trinajstić information content (AvgIpc) is 2.15. The summed E-state index contributed by atoms with van der Waals surface area (Å²) in [6.45, 7) is 0. The van der Waals surface area contributed by atoms with Gasteiger partial charge >= 0.3 is 6.18 Å². The number of thiol groups is 1. The van der Waals surface area contributed by atoms with Gasteiger partial charge in [0.1, 0.15) is 6.07 Å². The zero-order chi connectivity index (χ0) is 12.3. The first-order valence-corrected chi connectivity index (χ1v) is 5.04. The molecule has 0 saturated heterocycles. The lowest BCUT2D eigenvalue weighted by Gasteiger charge is -2.08. The van der Waals surface area contributed by atoms with Crippen LogP contribution >= 0.6 is 0 Å². The van der Waals surface area contributed by atoms with E-state index >= 15 is 0 Å². The summed E-state index contributed by atoms with van der Waals surface area (Å²) in [4.78, 5) is 0. The van der Waals surface area contributed by atoms with Gasteiger partial charge in [0.15, 0.2) is 0 Å². The molecule has 8 heteroatoms. The van der Waals surface area contributed by atoms with Gasteiger partial charge in [-0.15, -0.1) is 0 Å². The number of nitriles is 1. The Labute approximate surface area is 90.4 Å². The number of anilines is 1. The van der Waals surface area contributed by atoms with E-state index in [9.17, 15) is 21.6 Å². The van der Waals surface area contributed by atoms with Crippen molar-refractivity contribution in [3.63, 3.8) is 0 Å². The third kappa shape index (κ3) is 2.87. The van der Waals surface area contributed by atoms with Crippen molar-refractivity contribution in [2.24, 2.45) is 0 Å². The van der Waals surface area contributed by atoms with E-state index in [0.717, 1.165) is 6.07 Å². The summed E-state index contributed by atoms with van der Waals surface area (Å²) in [6, 6.07) is 3.66. The molecule has 0 aliphatic rings. The number of hydrogen-bond acceptors (Lipinski definition) is 3.